The number of aromatic nitrogens is 2. The van der Waals surface area contributed by atoms with Gasteiger partial charge in [0.2, 0.25) is 0 Å². The molecule has 0 saturated heterocycles. The minimum atomic E-state index is 0.195. The Morgan fingerprint density at radius 2 is 2.12 bits per heavy atom. The molecule has 1 aromatic carbocycles. The SMILES string of the molecule is CC/C(C)=C\C(=NC1=NC(NC(=S)NCOC)=CCC1C)c1cnn(Cc2ccccc2)c1. The highest BCUT2D eigenvalue weighted by molar-refractivity contribution is 7.80. The number of rotatable bonds is 8. The molecule has 1 aliphatic heterocycles. The number of amidine groups is 1. The number of aliphatic imine (C=N–C) groups is 2. The zero-order chi connectivity index (χ0) is 23.6. The maximum Gasteiger partial charge on any atom is 0.173 e. The lowest BCUT2D eigenvalue weighted by atomic mass is 10.0. The third-order valence-electron chi connectivity index (χ3n) is 5.25. The number of hydrogen-bond acceptors (Lipinski definition) is 5. The Labute approximate surface area is 201 Å². The van der Waals surface area contributed by atoms with E-state index >= 15 is 0 Å². The number of nitrogens with one attached hydrogen (secondary N) is 2. The highest BCUT2D eigenvalue weighted by Gasteiger charge is 2.17. The smallest absolute Gasteiger partial charge is 0.173 e. The number of benzene rings is 1. The predicted octanol–water partition coefficient (Wildman–Crippen LogP) is 4.42. The number of nitrogens with zero attached hydrogens (tertiary/aromatic N) is 4. The van der Waals surface area contributed by atoms with Crippen molar-refractivity contribution >= 4 is 28.9 Å². The van der Waals surface area contributed by atoms with Crippen LogP contribution in [-0.4, -0.2) is 40.3 Å². The molecule has 1 atom stereocenters. The Hall–Kier alpha value is -3.10. The van der Waals surface area contributed by atoms with Gasteiger partial charge < -0.3 is 15.4 Å². The van der Waals surface area contributed by atoms with E-state index in [0.29, 0.717) is 24.2 Å². The molecular formula is C25H32N6OS. The molecule has 8 heteroatoms. The van der Waals surface area contributed by atoms with Crippen molar-refractivity contribution in [2.24, 2.45) is 15.9 Å². The van der Waals surface area contributed by atoms with Crippen molar-refractivity contribution in [1.29, 1.82) is 0 Å². The molecule has 0 saturated carbocycles. The van der Waals surface area contributed by atoms with Crippen LogP contribution in [0.25, 0.3) is 0 Å². The summed E-state index contributed by atoms with van der Waals surface area (Å²) in [5, 5.41) is 11.1. The van der Waals surface area contributed by atoms with E-state index in [4.69, 9.17) is 26.9 Å². The van der Waals surface area contributed by atoms with Crippen LogP contribution in [0.15, 0.2) is 76.3 Å². The summed E-state index contributed by atoms with van der Waals surface area (Å²) in [7, 11) is 1.61. The van der Waals surface area contributed by atoms with Crippen molar-refractivity contribution in [1.82, 2.24) is 20.4 Å². The molecule has 1 aliphatic rings. The minimum absolute atomic E-state index is 0.195. The van der Waals surface area contributed by atoms with Gasteiger partial charge in [0.05, 0.1) is 18.5 Å². The van der Waals surface area contributed by atoms with Crippen LogP contribution in [0, 0.1) is 5.92 Å². The lowest BCUT2D eigenvalue weighted by Crippen LogP contribution is -2.36. The summed E-state index contributed by atoms with van der Waals surface area (Å²) in [5.74, 6) is 1.65. The largest absolute Gasteiger partial charge is 0.365 e. The number of ether oxygens (including phenoxy) is 1. The highest BCUT2D eigenvalue weighted by Crippen LogP contribution is 2.18. The molecule has 2 N–H and O–H groups in total. The van der Waals surface area contributed by atoms with Gasteiger partial charge in [0.15, 0.2) is 5.11 Å². The molecule has 174 valence electrons. The number of thiocarbonyl (C=S) groups is 1. The van der Waals surface area contributed by atoms with Crippen LogP contribution in [0.3, 0.4) is 0 Å². The van der Waals surface area contributed by atoms with E-state index in [9.17, 15) is 0 Å². The van der Waals surface area contributed by atoms with Crippen LogP contribution in [0.5, 0.6) is 0 Å². The summed E-state index contributed by atoms with van der Waals surface area (Å²) in [6, 6.07) is 10.3. The molecule has 2 heterocycles. The molecule has 2 aromatic rings. The van der Waals surface area contributed by atoms with Crippen LogP contribution >= 0.6 is 12.2 Å². The summed E-state index contributed by atoms with van der Waals surface area (Å²) in [6.07, 6.45) is 9.84. The van der Waals surface area contributed by atoms with Crippen LogP contribution in [0.4, 0.5) is 0 Å². The van der Waals surface area contributed by atoms with E-state index in [0.717, 1.165) is 30.0 Å². The van der Waals surface area contributed by atoms with E-state index in [1.54, 1.807) is 7.11 Å². The first-order chi connectivity index (χ1) is 16.0. The molecule has 0 radical (unpaired) electrons. The lowest BCUT2D eigenvalue weighted by Gasteiger charge is -2.18. The van der Waals surface area contributed by atoms with Crippen LogP contribution in [0.2, 0.25) is 0 Å². The Kier molecular flexibility index (Phi) is 9.09. The fraction of sp³-hybridized carbons (Fsp3) is 0.360. The fourth-order valence-electron chi connectivity index (χ4n) is 3.18. The van der Waals surface area contributed by atoms with E-state index in [1.807, 2.05) is 41.4 Å². The fourth-order valence-corrected chi connectivity index (χ4v) is 3.34. The molecular weight excluding hydrogens is 432 g/mol. The van der Waals surface area contributed by atoms with Crippen molar-refractivity contribution in [3.8, 4) is 0 Å². The van der Waals surface area contributed by atoms with Crippen molar-refractivity contribution in [2.45, 2.75) is 40.2 Å². The summed E-state index contributed by atoms with van der Waals surface area (Å²) >= 11 is 5.29. The van der Waals surface area contributed by atoms with Gasteiger partial charge in [0.1, 0.15) is 18.4 Å². The van der Waals surface area contributed by atoms with Crippen LogP contribution in [0.1, 0.15) is 44.7 Å². The standard InChI is InChI=1S/C25H32N6OS/c1-5-18(2)13-22(21-14-27-31(16-21)15-20-9-7-6-8-10-20)28-24-19(3)11-12-23(29-24)30-25(33)26-17-32-4/h6-10,12-14,16,19H,5,11,15,17H2,1-4H3,(H2,26,30,33)/b18-13-,28-22?. The Morgan fingerprint density at radius 3 is 2.85 bits per heavy atom. The van der Waals surface area contributed by atoms with Gasteiger partial charge in [0.25, 0.3) is 0 Å². The summed E-state index contributed by atoms with van der Waals surface area (Å²) in [4.78, 5) is 9.72. The van der Waals surface area contributed by atoms with Gasteiger partial charge >= 0.3 is 0 Å². The first kappa shape index (κ1) is 24.5. The van der Waals surface area contributed by atoms with E-state index in [-0.39, 0.29) is 5.92 Å². The zero-order valence-corrected chi connectivity index (χ0v) is 20.5. The van der Waals surface area contributed by atoms with E-state index in [1.165, 1.54) is 11.1 Å². The van der Waals surface area contributed by atoms with Crippen molar-refractivity contribution in [3.05, 3.63) is 77.4 Å². The molecule has 1 unspecified atom stereocenters. The summed E-state index contributed by atoms with van der Waals surface area (Å²) in [6.45, 7) is 7.43. The summed E-state index contributed by atoms with van der Waals surface area (Å²) < 4.78 is 6.94. The molecule has 33 heavy (non-hydrogen) atoms. The molecule has 0 aliphatic carbocycles. The second kappa shape index (κ2) is 12.2. The minimum Gasteiger partial charge on any atom is -0.365 e. The molecule has 0 amide bonds. The van der Waals surface area contributed by atoms with E-state index < -0.39 is 0 Å². The number of methoxy groups -OCH3 is 1. The first-order valence-electron chi connectivity index (χ1n) is 11.1. The zero-order valence-electron chi connectivity index (χ0n) is 19.7. The maximum absolute atomic E-state index is 5.29. The first-order valence-corrected chi connectivity index (χ1v) is 11.5. The Bertz CT molecular complexity index is 1070. The van der Waals surface area contributed by atoms with Crippen LogP contribution < -0.4 is 10.6 Å². The third-order valence-corrected chi connectivity index (χ3v) is 5.50. The lowest BCUT2D eigenvalue weighted by molar-refractivity contribution is 0.192. The average molecular weight is 465 g/mol. The molecule has 1 aromatic heterocycles. The predicted molar refractivity (Wildman–Crippen MR) is 138 cm³/mol. The summed E-state index contributed by atoms with van der Waals surface area (Å²) in [5.41, 5.74) is 4.28. The van der Waals surface area contributed by atoms with Gasteiger partial charge in [-0.15, -0.1) is 0 Å². The highest BCUT2D eigenvalue weighted by atomic mass is 32.1. The van der Waals surface area contributed by atoms with Gasteiger partial charge in [0, 0.05) is 24.8 Å². The molecule has 0 spiro atoms. The second-order valence-electron chi connectivity index (χ2n) is 8.01. The van der Waals surface area contributed by atoms with Crippen molar-refractivity contribution in [3.63, 3.8) is 0 Å². The molecule has 3 rings (SSSR count). The quantitative estimate of drug-likeness (QED) is 0.344. The van der Waals surface area contributed by atoms with Gasteiger partial charge in [-0.05, 0) is 49.7 Å². The average Bonchev–Trinajstić information content (AvgIpc) is 3.28. The van der Waals surface area contributed by atoms with Gasteiger partial charge in [-0.25, -0.2) is 9.98 Å². The van der Waals surface area contributed by atoms with Gasteiger partial charge in [-0.3, -0.25) is 4.68 Å². The number of allylic oxidation sites excluding steroid dienone is 3. The molecule has 7 nitrogen and oxygen atoms in total. The molecule has 0 fully saturated rings. The Morgan fingerprint density at radius 1 is 1.33 bits per heavy atom. The second-order valence-corrected chi connectivity index (χ2v) is 8.42. The van der Waals surface area contributed by atoms with Crippen molar-refractivity contribution < 1.29 is 4.74 Å². The van der Waals surface area contributed by atoms with Gasteiger partial charge in [-0.1, -0.05) is 49.8 Å². The monoisotopic (exact) mass is 464 g/mol. The van der Waals surface area contributed by atoms with E-state index in [2.05, 4.69) is 54.7 Å². The Balaban J connectivity index is 1.86. The van der Waals surface area contributed by atoms with Crippen molar-refractivity contribution in [2.75, 3.05) is 13.8 Å². The number of hydrogen-bond donors (Lipinski definition) is 2. The van der Waals surface area contributed by atoms with Gasteiger partial charge in [-0.2, -0.15) is 5.10 Å². The maximum atomic E-state index is 5.29. The topological polar surface area (TPSA) is 75.8 Å². The normalized spacial score (nSPS) is 16.8. The third kappa shape index (κ3) is 7.47. The molecule has 0 bridgehead atoms. The van der Waals surface area contributed by atoms with Crippen LogP contribution in [-0.2, 0) is 11.3 Å².